The smallest absolute Gasteiger partial charge is 0.326 e. The van der Waals surface area contributed by atoms with Crippen LogP contribution in [0.15, 0.2) is 24.3 Å². The van der Waals surface area contributed by atoms with Crippen LogP contribution in [0.3, 0.4) is 0 Å². The summed E-state index contributed by atoms with van der Waals surface area (Å²) in [5, 5.41) is 30.2. The molecule has 0 saturated carbocycles. The van der Waals surface area contributed by atoms with Gasteiger partial charge in [0, 0.05) is 19.1 Å². The number of carbonyl (C=O) groups is 2. The molecule has 0 fully saturated rings. The molecule has 1 rings (SSSR count). The Morgan fingerprint density at radius 1 is 1.43 bits per heavy atom. The molecule has 9 nitrogen and oxygen atoms in total. The molecule has 1 aromatic carbocycles. The van der Waals surface area contributed by atoms with Gasteiger partial charge in [0.15, 0.2) is 6.61 Å². The number of amides is 1. The number of benzene rings is 1. The van der Waals surface area contributed by atoms with Crippen molar-refractivity contribution in [3.63, 3.8) is 0 Å². The number of carboxylic acid groups (broad SMARTS) is 1. The zero-order chi connectivity index (χ0) is 15.8. The average molecular weight is 298 g/mol. The highest BCUT2D eigenvalue weighted by molar-refractivity contribution is 5.84. The Bertz CT molecular complexity index is 532. The van der Waals surface area contributed by atoms with Gasteiger partial charge < -0.3 is 20.3 Å². The van der Waals surface area contributed by atoms with E-state index in [1.54, 1.807) is 0 Å². The molecule has 0 aliphatic heterocycles. The summed E-state index contributed by atoms with van der Waals surface area (Å²) >= 11 is 0. The van der Waals surface area contributed by atoms with Gasteiger partial charge in [-0.15, -0.1) is 0 Å². The van der Waals surface area contributed by atoms with Crippen molar-refractivity contribution in [3.05, 3.63) is 34.4 Å². The van der Waals surface area contributed by atoms with Crippen LogP contribution in [0.2, 0.25) is 0 Å². The summed E-state index contributed by atoms with van der Waals surface area (Å²) in [4.78, 5) is 32.2. The molecule has 1 atom stereocenters. The van der Waals surface area contributed by atoms with E-state index in [1.807, 2.05) is 0 Å². The van der Waals surface area contributed by atoms with E-state index >= 15 is 0 Å². The number of non-ortho nitro benzene ring substituents is 1. The Balaban J connectivity index is 2.54. The molecule has 0 bridgehead atoms. The van der Waals surface area contributed by atoms with Gasteiger partial charge in [0.1, 0.15) is 11.8 Å². The molecule has 0 spiro atoms. The number of carbonyl (C=O) groups excluding carboxylic acids is 1. The number of carboxylic acids is 1. The average Bonchev–Trinajstić information content (AvgIpc) is 2.45. The van der Waals surface area contributed by atoms with Crippen molar-refractivity contribution in [2.24, 2.45) is 0 Å². The number of nitrogens with zero attached hydrogens (tertiary/aromatic N) is 1. The number of hydrogen-bond donors (Lipinski definition) is 3. The highest BCUT2D eigenvalue weighted by Gasteiger charge is 2.19. The van der Waals surface area contributed by atoms with Crippen LogP contribution in [0.4, 0.5) is 5.69 Å². The number of nitro benzene ring substituents is 1. The summed E-state index contributed by atoms with van der Waals surface area (Å²) in [6.45, 7) is -0.876. The predicted octanol–water partition coefficient (Wildman–Crippen LogP) is -0.0746. The summed E-state index contributed by atoms with van der Waals surface area (Å²) in [5.74, 6) is -1.86. The molecule has 9 heteroatoms. The van der Waals surface area contributed by atoms with Gasteiger partial charge in [-0.2, -0.15) is 0 Å². The largest absolute Gasteiger partial charge is 0.484 e. The summed E-state index contributed by atoms with van der Waals surface area (Å²) < 4.78 is 5.05. The van der Waals surface area contributed by atoms with E-state index in [2.05, 4.69) is 5.32 Å². The molecule has 0 aliphatic carbocycles. The SMILES string of the molecule is O=C(COc1cccc([N+](=O)[O-])c1)NC(CCO)C(=O)O. The van der Waals surface area contributed by atoms with Gasteiger partial charge in [0.25, 0.3) is 11.6 Å². The predicted molar refractivity (Wildman–Crippen MR) is 69.9 cm³/mol. The quantitative estimate of drug-likeness (QED) is 0.450. The van der Waals surface area contributed by atoms with Crippen molar-refractivity contribution in [2.45, 2.75) is 12.5 Å². The van der Waals surface area contributed by atoms with Crippen LogP contribution in [-0.2, 0) is 9.59 Å². The van der Waals surface area contributed by atoms with Gasteiger partial charge >= 0.3 is 5.97 Å². The van der Waals surface area contributed by atoms with Crippen LogP contribution in [0.1, 0.15) is 6.42 Å². The molecule has 0 aliphatic rings. The van der Waals surface area contributed by atoms with E-state index in [0.717, 1.165) is 6.07 Å². The number of nitrogens with one attached hydrogen (secondary N) is 1. The fraction of sp³-hybridized carbons (Fsp3) is 0.333. The molecule has 0 saturated heterocycles. The van der Waals surface area contributed by atoms with Crippen LogP contribution in [0.25, 0.3) is 0 Å². The van der Waals surface area contributed by atoms with E-state index in [-0.39, 0.29) is 24.5 Å². The van der Waals surface area contributed by atoms with Crippen molar-refractivity contribution >= 4 is 17.6 Å². The lowest BCUT2D eigenvalue weighted by atomic mass is 10.2. The second-order valence-corrected chi connectivity index (χ2v) is 4.01. The number of aliphatic hydroxyl groups is 1. The van der Waals surface area contributed by atoms with E-state index in [0.29, 0.717) is 0 Å². The molecule has 114 valence electrons. The third-order valence-corrected chi connectivity index (χ3v) is 2.45. The number of ether oxygens (including phenoxy) is 1. The Kier molecular flexibility index (Phi) is 6.08. The summed E-state index contributed by atoms with van der Waals surface area (Å²) in [6, 6.07) is 4.04. The van der Waals surface area contributed by atoms with Crippen molar-refractivity contribution < 1.29 is 29.5 Å². The summed E-state index contributed by atoms with van der Waals surface area (Å²) in [7, 11) is 0. The number of nitro groups is 1. The molecule has 21 heavy (non-hydrogen) atoms. The zero-order valence-electron chi connectivity index (χ0n) is 10.9. The molecule has 0 radical (unpaired) electrons. The fourth-order valence-corrected chi connectivity index (χ4v) is 1.46. The van der Waals surface area contributed by atoms with Crippen LogP contribution < -0.4 is 10.1 Å². The van der Waals surface area contributed by atoms with E-state index in [1.165, 1.54) is 18.2 Å². The van der Waals surface area contributed by atoms with Gasteiger partial charge in [-0.25, -0.2) is 4.79 Å². The summed E-state index contributed by atoms with van der Waals surface area (Å²) in [5.41, 5.74) is -0.184. The van der Waals surface area contributed by atoms with Gasteiger partial charge in [-0.3, -0.25) is 14.9 Å². The van der Waals surface area contributed by atoms with Crippen LogP contribution in [0, 0.1) is 10.1 Å². The second kappa shape index (κ2) is 7.80. The van der Waals surface area contributed by atoms with E-state index in [4.69, 9.17) is 14.9 Å². The molecule has 0 aromatic heterocycles. The Labute approximate surface area is 119 Å². The number of rotatable bonds is 8. The molecule has 1 aromatic rings. The fourth-order valence-electron chi connectivity index (χ4n) is 1.46. The van der Waals surface area contributed by atoms with Gasteiger partial charge in [-0.1, -0.05) is 6.07 Å². The third-order valence-electron chi connectivity index (χ3n) is 2.45. The first-order chi connectivity index (χ1) is 9.93. The van der Waals surface area contributed by atoms with Crippen molar-refractivity contribution in [3.8, 4) is 5.75 Å². The number of aliphatic hydroxyl groups excluding tert-OH is 1. The van der Waals surface area contributed by atoms with Crippen molar-refractivity contribution in [1.29, 1.82) is 0 Å². The Morgan fingerprint density at radius 3 is 2.71 bits per heavy atom. The zero-order valence-corrected chi connectivity index (χ0v) is 10.9. The monoisotopic (exact) mass is 298 g/mol. The van der Waals surface area contributed by atoms with Crippen LogP contribution in [-0.4, -0.2) is 46.3 Å². The number of hydrogen-bond acceptors (Lipinski definition) is 6. The van der Waals surface area contributed by atoms with Gasteiger partial charge in [0.05, 0.1) is 11.0 Å². The van der Waals surface area contributed by atoms with Crippen molar-refractivity contribution in [2.75, 3.05) is 13.2 Å². The van der Waals surface area contributed by atoms with Crippen molar-refractivity contribution in [1.82, 2.24) is 5.32 Å². The molecule has 1 unspecified atom stereocenters. The first kappa shape index (κ1) is 16.4. The van der Waals surface area contributed by atoms with Gasteiger partial charge in [-0.05, 0) is 6.07 Å². The van der Waals surface area contributed by atoms with Gasteiger partial charge in [0.2, 0.25) is 0 Å². The normalized spacial score (nSPS) is 11.5. The maximum absolute atomic E-state index is 11.5. The maximum Gasteiger partial charge on any atom is 0.326 e. The summed E-state index contributed by atoms with van der Waals surface area (Å²) in [6.07, 6.45) is -0.127. The molecule has 3 N–H and O–H groups in total. The minimum Gasteiger partial charge on any atom is -0.484 e. The Morgan fingerprint density at radius 2 is 2.14 bits per heavy atom. The molecule has 1 amide bonds. The second-order valence-electron chi connectivity index (χ2n) is 4.01. The first-order valence-electron chi connectivity index (χ1n) is 5.94. The standard InChI is InChI=1S/C12H14N2O7/c15-5-4-10(12(17)18)13-11(16)7-21-9-3-1-2-8(6-9)14(19)20/h1-3,6,10,15H,4-5,7H2,(H,13,16)(H,17,18). The van der Waals surface area contributed by atoms with Crippen LogP contribution >= 0.6 is 0 Å². The maximum atomic E-state index is 11.5. The third kappa shape index (κ3) is 5.45. The minimum absolute atomic E-state index is 0.119. The lowest BCUT2D eigenvalue weighted by Crippen LogP contribution is -2.43. The lowest BCUT2D eigenvalue weighted by molar-refractivity contribution is -0.384. The highest BCUT2D eigenvalue weighted by Crippen LogP contribution is 2.18. The molecular weight excluding hydrogens is 284 g/mol. The van der Waals surface area contributed by atoms with E-state index < -0.39 is 29.4 Å². The van der Waals surface area contributed by atoms with Crippen LogP contribution in [0.5, 0.6) is 5.75 Å². The molecule has 0 heterocycles. The highest BCUT2D eigenvalue weighted by atomic mass is 16.6. The molecular formula is C12H14N2O7. The topological polar surface area (TPSA) is 139 Å². The minimum atomic E-state index is -1.27. The Hall–Kier alpha value is -2.68. The first-order valence-corrected chi connectivity index (χ1v) is 5.94. The van der Waals surface area contributed by atoms with E-state index in [9.17, 15) is 19.7 Å². The number of aliphatic carboxylic acids is 1. The lowest BCUT2D eigenvalue weighted by Gasteiger charge is -2.13.